The van der Waals surface area contributed by atoms with E-state index in [2.05, 4.69) is 5.32 Å². The van der Waals surface area contributed by atoms with Crippen LogP contribution in [0.15, 0.2) is 12.4 Å². The predicted molar refractivity (Wildman–Crippen MR) is 55.2 cm³/mol. The zero-order valence-electron chi connectivity index (χ0n) is 9.64. The smallest absolute Gasteiger partial charge is 0.356 e. The summed E-state index contributed by atoms with van der Waals surface area (Å²) in [4.78, 5) is 11.1. The molecule has 0 saturated heterocycles. The first-order valence-electron chi connectivity index (χ1n) is 4.81. The summed E-state index contributed by atoms with van der Waals surface area (Å²) >= 11 is 0. The van der Waals surface area contributed by atoms with Crippen molar-refractivity contribution in [1.82, 2.24) is 9.88 Å². The molecule has 0 aliphatic rings. The van der Waals surface area contributed by atoms with Crippen LogP contribution in [0.1, 0.15) is 29.8 Å². The Kier molecular flexibility index (Phi) is 5.07. The number of hydrogen-bond acceptors (Lipinski definition) is 1. The van der Waals surface area contributed by atoms with Crippen molar-refractivity contribution in [1.29, 1.82) is 0 Å². The van der Waals surface area contributed by atoms with Crippen LogP contribution in [0.3, 0.4) is 0 Å². The second kappa shape index (κ2) is 5.58. The molecule has 1 aromatic heterocycles. The number of aromatic nitrogens is 1. The molecule has 0 aromatic carbocycles. The number of alkyl halides is 3. The van der Waals surface area contributed by atoms with Crippen LogP contribution in [0.4, 0.5) is 13.2 Å². The van der Waals surface area contributed by atoms with Gasteiger partial charge in [-0.15, -0.1) is 0 Å². The number of hydrogen-bond donors (Lipinski definition) is 1. The van der Waals surface area contributed by atoms with Crippen LogP contribution < -0.4 is 5.32 Å². The Morgan fingerprint density at radius 2 is 1.81 bits per heavy atom. The van der Waals surface area contributed by atoms with Crippen LogP contribution in [0.5, 0.6) is 0 Å². The lowest BCUT2D eigenvalue weighted by molar-refractivity contribution is -0.137. The minimum Gasteiger partial charge on any atom is -0.356 e. The fourth-order valence-corrected chi connectivity index (χ4v) is 1.13. The molecule has 1 aromatic rings. The predicted octanol–water partition coefficient (Wildman–Crippen LogP) is 2.43. The lowest BCUT2D eigenvalue weighted by Gasteiger charge is -2.05. The molecule has 1 N–H and O–H groups in total. The number of rotatable bonds is 1. The molecular weight excluding hydrogens is 221 g/mol. The van der Waals surface area contributed by atoms with Crippen LogP contribution in [0, 0.1) is 0 Å². The van der Waals surface area contributed by atoms with Crippen LogP contribution in [0.2, 0.25) is 0 Å². The quantitative estimate of drug-likeness (QED) is 0.798. The first kappa shape index (κ1) is 14.5. The van der Waals surface area contributed by atoms with Crippen molar-refractivity contribution in [3.05, 3.63) is 23.5 Å². The highest BCUT2D eigenvalue weighted by atomic mass is 19.4. The highest BCUT2D eigenvalue weighted by Crippen LogP contribution is 2.32. The number of nitrogens with one attached hydrogen (secondary N) is 1. The van der Waals surface area contributed by atoms with Crippen molar-refractivity contribution in [2.24, 2.45) is 7.05 Å². The summed E-state index contributed by atoms with van der Waals surface area (Å²) in [7, 11) is 2.72. The van der Waals surface area contributed by atoms with E-state index in [-0.39, 0.29) is 5.56 Å². The van der Waals surface area contributed by atoms with Crippen LogP contribution in [-0.4, -0.2) is 17.5 Å². The third-order valence-corrected chi connectivity index (χ3v) is 1.73. The maximum atomic E-state index is 12.4. The maximum Gasteiger partial charge on any atom is 0.418 e. The molecule has 1 amide bonds. The van der Waals surface area contributed by atoms with Gasteiger partial charge in [-0.05, 0) is 0 Å². The van der Waals surface area contributed by atoms with E-state index in [4.69, 9.17) is 0 Å². The number of halogens is 3. The third kappa shape index (κ3) is 3.29. The van der Waals surface area contributed by atoms with Gasteiger partial charge in [0.2, 0.25) is 0 Å². The summed E-state index contributed by atoms with van der Waals surface area (Å²) in [5.41, 5.74) is -1.28. The van der Waals surface area contributed by atoms with E-state index < -0.39 is 17.6 Å². The van der Waals surface area contributed by atoms with Gasteiger partial charge in [-0.2, -0.15) is 13.2 Å². The summed E-state index contributed by atoms with van der Waals surface area (Å²) in [6.45, 7) is 4.00. The van der Waals surface area contributed by atoms with Gasteiger partial charge in [0.15, 0.2) is 0 Å². The number of amides is 1. The van der Waals surface area contributed by atoms with E-state index in [9.17, 15) is 18.0 Å². The molecule has 1 rings (SSSR count). The van der Waals surface area contributed by atoms with Gasteiger partial charge in [-0.1, -0.05) is 13.8 Å². The van der Waals surface area contributed by atoms with Crippen LogP contribution in [0.25, 0.3) is 0 Å². The Morgan fingerprint density at radius 3 is 2.19 bits per heavy atom. The average Bonchev–Trinajstić information content (AvgIpc) is 2.62. The number of carbonyl (C=O) groups excluding carboxylic acids is 1. The second-order valence-electron chi connectivity index (χ2n) is 2.83. The second-order valence-corrected chi connectivity index (χ2v) is 2.83. The SMILES string of the molecule is CC.CNC(=O)c1cn(C)cc1C(F)(F)F. The molecule has 1 heterocycles. The highest BCUT2D eigenvalue weighted by Gasteiger charge is 2.36. The molecule has 0 aliphatic carbocycles. The highest BCUT2D eigenvalue weighted by molar-refractivity contribution is 5.95. The summed E-state index contributed by atoms with van der Waals surface area (Å²) in [5.74, 6) is -0.738. The van der Waals surface area contributed by atoms with Crippen molar-refractivity contribution < 1.29 is 18.0 Å². The molecule has 0 unspecified atom stereocenters. The standard InChI is InChI=1S/C8H9F3N2O.C2H6/c1-12-7(14)5-3-13(2)4-6(5)8(9,10)11;1-2/h3-4H,1-2H3,(H,12,14);1-2H3. The number of aryl methyl sites for hydroxylation is 1. The van der Waals surface area contributed by atoms with Crippen molar-refractivity contribution in [3.8, 4) is 0 Å². The van der Waals surface area contributed by atoms with Crippen LogP contribution >= 0.6 is 0 Å². The Balaban J connectivity index is 0.00000106. The van der Waals surface area contributed by atoms with Gasteiger partial charge in [-0.25, -0.2) is 0 Å². The summed E-state index contributed by atoms with van der Waals surface area (Å²) < 4.78 is 38.3. The van der Waals surface area contributed by atoms with E-state index in [1.807, 2.05) is 13.8 Å². The first-order chi connectivity index (χ1) is 7.36. The van der Waals surface area contributed by atoms with Gasteiger partial charge in [-0.3, -0.25) is 4.79 Å². The van der Waals surface area contributed by atoms with E-state index >= 15 is 0 Å². The first-order valence-corrected chi connectivity index (χ1v) is 4.81. The minimum atomic E-state index is -4.50. The molecule has 6 heteroatoms. The van der Waals surface area contributed by atoms with Crippen LogP contribution in [-0.2, 0) is 13.2 Å². The van der Waals surface area contributed by atoms with E-state index in [1.54, 1.807) is 0 Å². The molecule has 0 bridgehead atoms. The van der Waals surface area contributed by atoms with Crippen molar-refractivity contribution >= 4 is 5.91 Å². The molecule has 0 atom stereocenters. The fraction of sp³-hybridized carbons (Fsp3) is 0.500. The molecule has 0 spiro atoms. The maximum absolute atomic E-state index is 12.4. The van der Waals surface area contributed by atoms with E-state index in [0.717, 1.165) is 12.4 Å². The molecule has 0 saturated carbocycles. The largest absolute Gasteiger partial charge is 0.418 e. The molecule has 0 fully saturated rings. The minimum absolute atomic E-state index is 0.359. The monoisotopic (exact) mass is 236 g/mol. The molecular formula is C10H15F3N2O. The fourth-order valence-electron chi connectivity index (χ4n) is 1.13. The zero-order valence-corrected chi connectivity index (χ0v) is 9.64. The molecule has 92 valence electrons. The van der Waals surface area contributed by atoms with Gasteiger partial charge in [0.25, 0.3) is 5.91 Å². The van der Waals surface area contributed by atoms with Gasteiger partial charge in [0.05, 0.1) is 11.1 Å². The van der Waals surface area contributed by atoms with Crippen molar-refractivity contribution in [2.45, 2.75) is 20.0 Å². The van der Waals surface area contributed by atoms with Gasteiger partial charge < -0.3 is 9.88 Å². The van der Waals surface area contributed by atoms with E-state index in [0.29, 0.717) is 0 Å². The molecule has 0 aliphatic heterocycles. The number of nitrogens with zero attached hydrogens (tertiary/aromatic N) is 1. The zero-order chi connectivity index (χ0) is 12.9. The van der Waals surface area contributed by atoms with Crippen molar-refractivity contribution in [3.63, 3.8) is 0 Å². The Labute approximate surface area is 92.3 Å². The third-order valence-electron chi connectivity index (χ3n) is 1.73. The lowest BCUT2D eigenvalue weighted by Crippen LogP contribution is -2.21. The average molecular weight is 236 g/mol. The molecule has 0 radical (unpaired) electrons. The normalized spacial score (nSPS) is 10.4. The summed E-state index contributed by atoms with van der Waals surface area (Å²) in [6, 6.07) is 0. The Bertz CT molecular complexity index is 355. The lowest BCUT2D eigenvalue weighted by atomic mass is 10.2. The van der Waals surface area contributed by atoms with Crippen molar-refractivity contribution in [2.75, 3.05) is 7.05 Å². The Hall–Kier alpha value is -1.46. The molecule has 16 heavy (non-hydrogen) atoms. The summed E-state index contributed by atoms with van der Waals surface area (Å²) in [5, 5.41) is 2.15. The topological polar surface area (TPSA) is 34.0 Å². The van der Waals surface area contributed by atoms with E-state index in [1.165, 1.54) is 18.7 Å². The van der Waals surface area contributed by atoms with Gasteiger partial charge >= 0.3 is 6.18 Å². The van der Waals surface area contributed by atoms with Gasteiger partial charge in [0.1, 0.15) is 0 Å². The summed E-state index contributed by atoms with van der Waals surface area (Å²) in [6.07, 6.45) is -2.48. The Morgan fingerprint density at radius 1 is 1.31 bits per heavy atom. The van der Waals surface area contributed by atoms with Gasteiger partial charge in [0, 0.05) is 26.5 Å². The molecule has 3 nitrogen and oxygen atoms in total. The number of carbonyl (C=O) groups is 1.